The minimum absolute atomic E-state index is 0.0547. The van der Waals surface area contributed by atoms with E-state index in [4.69, 9.17) is 4.74 Å². The average Bonchev–Trinajstić information content (AvgIpc) is 2.53. The van der Waals surface area contributed by atoms with Crippen LogP contribution in [0.2, 0.25) is 0 Å². The van der Waals surface area contributed by atoms with E-state index in [9.17, 15) is 4.79 Å². The highest BCUT2D eigenvalue weighted by Crippen LogP contribution is 2.17. The van der Waals surface area contributed by atoms with E-state index in [-0.39, 0.29) is 12.1 Å². The first-order valence-corrected chi connectivity index (χ1v) is 4.58. The molecule has 1 atom stereocenters. The number of benzene rings is 1. The number of hydrogen-bond donors (Lipinski definition) is 0. The summed E-state index contributed by atoms with van der Waals surface area (Å²) < 4.78 is 5.13. The molecule has 0 aliphatic carbocycles. The zero-order valence-electron chi connectivity index (χ0n) is 7.40. The normalized spacial score (nSPS) is 21.5. The fourth-order valence-corrected chi connectivity index (χ4v) is 1.60. The summed E-state index contributed by atoms with van der Waals surface area (Å²) in [4.78, 5) is 10.8. The standard InChI is InChI=1S/C11H12O2/c12-11-7-6-10(13-11)8-9-4-2-1-3-5-9/h1-5,10H,6-8H2. The molecule has 0 aromatic heterocycles. The lowest BCUT2D eigenvalue weighted by Crippen LogP contribution is -2.09. The zero-order valence-corrected chi connectivity index (χ0v) is 7.40. The lowest BCUT2D eigenvalue weighted by atomic mass is 10.1. The van der Waals surface area contributed by atoms with Crippen molar-refractivity contribution in [3.8, 4) is 0 Å². The van der Waals surface area contributed by atoms with Crippen LogP contribution in [0.3, 0.4) is 0 Å². The van der Waals surface area contributed by atoms with Crippen molar-refractivity contribution in [1.29, 1.82) is 0 Å². The minimum atomic E-state index is -0.0547. The molecule has 2 rings (SSSR count). The summed E-state index contributed by atoms with van der Waals surface area (Å²) >= 11 is 0. The molecule has 1 saturated heterocycles. The second-order valence-electron chi connectivity index (χ2n) is 3.34. The van der Waals surface area contributed by atoms with Gasteiger partial charge in [-0.15, -0.1) is 0 Å². The third-order valence-electron chi connectivity index (χ3n) is 2.27. The predicted octanol–water partition coefficient (Wildman–Crippen LogP) is 1.93. The molecular formula is C11H12O2. The van der Waals surface area contributed by atoms with Gasteiger partial charge < -0.3 is 4.74 Å². The molecule has 1 aromatic rings. The molecule has 0 N–H and O–H groups in total. The molecule has 13 heavy (non-hydrogen) atoms. The van der Waals surface area contributed by atoms with E-state index >= 15 is 0 Å². The largest absolute Gasteiger partial charge is 0.462 e. The highest BCUT2D eigenvalue weighted by molar-refractivity contribution is 5.71. The molecule has 2 heteroatoms. The third-order valence-corrected chi connectivity index (χ3v) is 2.27. The summed E-state index contributed by atoms with van der Waals surface area (Å²) in [5.74, 6) is -0.0547. The minimum Gasteiger partial charge on any atom is -0.462 e. The Bertz CT molecular complexity index is 292. The predicted molar refractivity (Wildman–Crippen MR) is 49.3 cm³/mol. The van der Waals surface area contributed by atoms with Gasteiger partial charge in [-0.05, 0) is 12.0 Å². The smallest absolute Gasteiger partial charge is 0.306 e. The zero-order chi connectivity index (χ0) is 9.10. The van der Waals surface area contributed by atoms with Crippen LogP contribution in [0.15, 0.2) is 30.3 Å². The Balaban J connectivity index is 1.96. The van der Waals surface area contributed by atoms with Crippen LogP contribution in [0.4, 0.5) is 0 Å². The Morgan fingerprint density at radius 3 is 2.69 bits per heavy atom. The lowest BCUT2D eigenvalue weighted by Gasteiger charge is -2.08. The first-order chi connectivity index (χ1) is 6.34. The van der Waals surface area contributed by atoms with Crippen LogP contribution in [-0.4, -0.2) is 12.1 Å². The topological polar surface area (TPSA) is 26.3 Å². The van der Waals surface area contributed by atoms with Crippen LogP contribution in [0.25, 0.3) is 0 Å². The van der Waals surface area contributed by atoms with Gasteiger partial charge in [0.25, 0.3) is 0 Å². The lowest BCUT2D eigenvalue weighted by molar-refractivity contribution is -0.141. The van der Waals surface area contributed by atoms with Crippen LogP contribution < -0.4 is 0 Å². The molecule has 1 heterocycles. The van der Waals surface area contributed by atoms with E-state index < -0.39 is 0 Å². The summed E-state index contributed by atoms with van der Waals surface area (Å²) in [7, 11) is 0. The fourth-order valence-electron chi connectivity index (χ4n) is 1.60. The third kappa shape index (κ3) is 2.08. The summed E-state index contributed by atoms with van der Waals surface area (Å²) in [6.45, 7) is 0. The molecule has 0 radical (unpaired) electrons. The molecule has 1 aliphatic rings. The van der Waals surface area contributed by atoms with Crippen molar-refractivity contribution in [3.05, 3.63) is 35.9 Å². The van der Waals surface area contributed by atoms with Gasteiger partial charge in [0.05, 0.1) is 0 Å². The number of hydrogen-bond acceptors (Lipinski definition) is 2. The van der Waals surface area contributed by atoms with Crippen LogP contribution in [-0.2, 0) is 16.0 Å². The van der Waals surface area contributed by atoms with Gasteiger partial charge in [-0.2, -0.15) is 0 Å². The van der Waals surface area contributed by atoms with E-state index in [1.165, 1.54) is 5.56 Å². The first-order valence-electron chi connectivity index (χ1n) is 4.58. The number of rotatable bonds is 2. The molecule has 1 aromatic carbocycles. The maximum atomic E-state index is 10.8. The molecular weight excluding hydrogens is 164 g/mol. The highest BCUT2D eigenvalue weighted by Gasteiger charge is 2.22. The van der Waals surface area contributed by atoms with Crippen molar-refractivity contribution in [2.75, 3.05) is 0 Å². The number of ether oxygens (including phenoxy) is 1. The van der Waals surface area contributed by atoms with Gasteiger partial charge in [-0.1, -0.05) is 30.3 Å². The molecule has 1 fully saturated rings. The quantitative estimate of drug-likeness (QED) is 0.643. The molecule has 0 amide bonds. The van der Waals surface area contributed by atoms with Gasteiger partial charge in [0.1, 0.15) is 6.10 Å². The first kappa shape index (κ1) is 8.30. The van der Waals surface area contributed by atoms with Crippen LogP contribution in [0.5, 0.6) is 0 Å². The number of carbonyl (C=O) groups is 1. The van der Waals surface area contributed by atoms with Gasteiger partial charge in [-0.25, -0.2) is 0 Å². The Kier molecular flexibility index (Phi) is 2.30. The molecule has 1 unspecified atom stereocenters. The Labute approximate surface area is 77.5 Å². The summed E-state index contributed by atoms with van der Waals surface area (Å²) in [5, 5.41) is 0. The van der Waals surface area contributed by atoms with Crippen molar-refractivity contribution >= 4 is 5.97 Å². The van der Waals surface area contributed by atoms with Crippen LogP contribution in [0.1, 0.15) is 18.4 Å². The van der Waals surface area contributed by atoms with E-state index in [0.717, 1.165) is 12.8 Å². The van der Waals surface area contributed by atoms with Crippen molar-refractivity contribution in [1.82, 2.24) is 0 Å². The fraction of sp³-hybridized carbons (Fsp3) is 0.364. The average molecular weight is 176 g/mol. The molecule has 0 bridgehead atoms. The van der Waals surface area contributed by atoms with Crippen molar-refractivity contribution in [2.24, 2.45) is 0 Å². The molecule has 0 spiro atoms. The Morgan fingerprint density at radius 2 is 2.08 bits per heavy atom. The van der Waals surface area contributed by atoms with Crippen molar-refractivity contribution in [2.45, 2.75) is 25.4 Å². The van der Waals surface area contributed by atoms with Gasteiger partial charge in [-0.3, -0.25) is 4.79 Å². The van der Waals surface area contributed by atoms with Crippen LogP contribution in [0, 0.1) is 0 Å². The molecule has 1 aliphatic heterocycles. The maximum Gasteiger partial charge on any atom is 0.306 e. The summed E-state index contributed by atoms with van der Waals surface area (Å²) in [6.07, 6.45) is 2.41. The second kappa shape index (κ2) is 3.60. The maximum absolute atomic E-state index is 10.8. The SMILES string of the molecule is O=C1CCC(Cc2ccccc2)O1. The number of carbonyl (C=O) groups excluding carboxylic acids is 1. The number of esters is 1. The second-order valence-corrected chi connectivity index (χ2v) is 3.34. The van der Waals surface area contributed by atoms with E-state index in [2.05, 4.69) is 12.1 Å². The van der Waals surface area contributed by atoms with Crippen LogP contribution >= 0.6 is 0 Å². The molecule has 0 saturated carbocycles. The monoisotopic (exact) mass is 176 g/mol. The Morgan fingerprint density at radius 1 is 1.31 bits per heavy atom. The van der Waals surface area contributed by atoms with E-state index in [1.807, 2.05) is 18.2 Å². The summed E-state index contributed by atoms with van der Waals surface area (Å²) in [6, 6.07) is 10.1. The summed E-state index contributed by atoms with van der Waals surface area (Å²) in [5.41, 5.74) is 1.24. The van der Waals surface area contributed by atoms with Gasteiger partial charge >= 0.3 is 5.97 Å². The number of cyclic esters (lactones) is 1. The van der Waals surface area contributed by atoms with E-state index in [1.54, 1.807) is 0 Å². The van der Waals surface area contributed by atoms with Crippen molar-refractivity contribution < 1.29 is 9.53 Å². The van der Waals surface area contributed by atoms with Gasteiger partial charge in [0.15, 0.2) is 0 Å². The van der Waals surface area contributed by atoms with Gasteiger partial charge in [0, 0.05) is 12.8 Å². The highest BCUT2D eigenvalue weighted by atomic mass is 16.5. The van der Waals surface area contributed by atoms with E-state index in [0.29, 0.717) is 6.42 Å². The van der Waals surface area contributed by atoms with Gasteiger partial charge in [0.2, 0.25) is 0 Å². The molecule has 2 nitrogen and oxygen atoms in total. The Hall–Kier alpha value is -1.31. The van der Waals surface area contributed by atoms with Crippen molar-refractivity contribution in [3.63, 3.8) is 0 Å². The molecule has 68 valence electrons.